The van der Waals surface area contributed by atoms with Crippen LogP contribution < -0.4 is 0 Å². The minimum atomic E-state index is -0.760. The molecule has 0 aliphatic carbocycles. The molecule has 0 amide bonds. The van der Waals surface area contributed by atoms with Crippen molar-refractivity contribution in [1.82, 2.24) is 0 Å². The van der Waals surface area contributed by atoms with E-state index in [1.807, 2.05) is 0 Å². The molecule has 144 valence electrons. The van der Waals surface area contributed by atoms with Crippen LogP contribution in [-0.2, 0) is 9.53 Å². The molecule has 0 spiro atoms. The quantitative estimate of drug-likeness (QED) is 0.278. The second-order valence-electron chi connectivity index (χ2n) is 6.82. The van der Waals surface area contributed by atoms with Crippen LogP contribution in [0.15, 0.2) is 0 Å². The molecule has 0 unspecified atom stereocenters. The van der Waals surface area contributed by atoms with Gasteiger partial charge in [-0.2, -0.15) is 0 Å². The number of rotatable bonds is 18. The van der Waals surface area contributed by atoms with E-state index >= 15 is 0 Å². The average Bonchev–Trinajstić information content (AvgIpc) is 2.60. The van der Waals surface area contributed by atoms with E-state index in [4.69, 9.17) is 14.9 Å². The van der Waals surface area contributed by atoms with Crippen LogP contribution in [0.4, 0.5) is 0 Å². The molecule has 4 heteroatoms. The van der Waals surface area contributed by atoms with E-state index in [-0.39, 0.29) is 19.2 Å². The summed E-state index contributed by atoms with van der Waals surface area (Å²) in [7, 11) is 0. The Balaban J connectivity index is 3.18. The molecule has 0 fully saturated rings. The molecule has 0 aliphatic rings. The molecule has 0 atom stereocenters. The van der Waals surface area contributed by atoms with Crippen molar-refractivity contribution in [2.45, 2.75) is 109 Å². The Morgan fingerprint density at radius 2 is 1.08 bits per heavy atom. The van der Waals surface area contributed by atoms with Gasteiger partial charge in [0.1, 0.15) is 6.10 Å². The number of carbonyl (C=O) groups is 1. The van der Waals surface area contributed by atoms with Crippen molar-refractivity contribution in [3.63, 3.8) is 0 Å². The molecule has 4 nitrogen and oxygen atoms in total. The van der Waals surface area contributed by atoms with Gasteiger partial charge in [-0.05, 0) is 6.42 Å². The van der Waals surface area contributed by atoms with Gasteiger partial charge in [0.25, 0.3) is 0 Å². The zero-order valence-electron chi connectivity index (χ0n) is 15.8. The van der Waals surface area contributed by atoms with Gasteiger partial charge in [0.15, 0.2) is 0 Å². The van der Waals surface area contributed by atoms with Crippen molar-refractivity contribution < 1.29 is 19.7 Å². The Morgan fingerprint density at radius 3 is 1.46 bits per heavy atom. The molecule has 0 bridgehead atoms. The molecule has 0 saturated heterocycles. The van der Waals surface area contributed by atoms with E-state index in [2.05, 4.69) is 6.92 Å². The van der Waals surface area contributed by atoms with Gasteiger partial charge >= 0.3 is 5.97 Å². The average molecular weight is 345 g/mol. The van der Waals surface area contributed by atoms with Crippen molar-refractivity contribution in [3.8, 4) is 0 Å². The minimum absolute atomic E-state index is 0.318. The van der Waals surface area contributed by atoms with Gasteiger partial charge in [-0.25, -0.2) is 0 Å². The van der Waals surface area contributed by atoms with Crippen LogP contribution >= 0.6 is 0 Å². The standard InChI is InChI=1S/C20H40O4/c1-2-3-4-5-6-7-8-9-10-11-12-13-14-15-16-20(23)24-19(17-21)18-22/h19,21-22H,2-18H2,1H3. The van der Waals surface area contributed by atoms with Crippen LogP contribution in [0.5, 0.6) is 0 Å². The lowest BCUT2D eigenvalue weighted by molar-refractivity contribution is -0.153. The summed E-state index contributed by atoms with van der Waals surface area (Å²) >= 11 is 0. The molecule has 0 saturated carbocycles. The number of ether oxygens (including phenoxy) is 1. The summed E-state index contributed by atoms with van der Waals surface area (Å²) in [5.41, 5.74) is 0. The van der Waals surface area contributed by atoms with Gasteiger partial charge in [-0.15, -0.1) is 0 Å². The number of hydrogen-bond donors (Lipinski definition) is 2. The maximum Gasteiger partial charge on any atom is 0.306 e. The second kappa shape index (κ2) is 18.7. The monoisotopic (exact) mass is 344 g/mol. The smallest absolute Gasteiger partial charge is 0.306 e. The zero-order chi connectivity index (χ0) is 17.9. The van der Waals surface area contributed by atoms with E-state index in [1.165, 1.54) is 77.0 Å². The fourth-order valence-corrected chi connectivity index (χ4v) is 2.84. The molecular formula is C20H40O4. The fourth-order valence-electron chi connectivity index (χ4n) is 2.84. The lowest BCUT2D eigenvalue weighted by Crippen LogP contribution is -2.25. The highest BCUT2D eigenvalue weighted by atomic mass is 16.6. The SMILES string of the molecule is CCCCCCCCCCCCCCCCC(=O)OC(CO)CO. The van der Waals surface area contributed by atoms with Gasteiger partial charge in [-0.3, -0.25) is 4.79 Å². The highest BCUT2D eigenvalue weighted by molar-refractivity contribution is 5.69. The number of carbonyl (C=O) groups excluding carboxylic acids is 1. The number of aliphatic hydroxyl groups is 2. The van der Waals surface area contributed by atoms with Crippen LogP contribution in [0.2, 0.25) is 0 Å². The maximum absolute atomic E-state index is 11.4. The predicted octanol–water partition coefficient (Wildman–Crippen LogP) is 4.75. The first-order valence-corrected chi connectivity index (χ1v) is 10.2. The third kappa shape index (κ3) is 16.3. The van der Waals surface area contributed by atoms with E-state index in [0.29, 0.717) is 6.42 Å². The summed E-state index contributed by atoms with van der Waals surface area (Å²) in [6.07, 6.45) is 17.7. The fraction of sp³-hybridized carbons (Fsp3) is 0.950. The second-order valence-corrected chi connectivity index (χ2v) is 6.82. The Labute approximate surface area is 149 Å². The number of hydrogen-bond acceptors (Lipinski definition) is 4. The molecule has 0 heterocycles. The van der Waals surface area contributed by atoms with Crippen LogP contribution in [0.25, 0.3) is 0 Å². The zero-order valence-corrected chi connectivity index (χ0v) is 15.8. The first-order valence-electron chi connectivity index (χ1n) is 10.2. The molecule has 0 radical (unpaired) electrons. The largest absolute Gasteiger partial charge is 0.457 e. The summed E-state index contributed by atoms with van der Waals surface area (Å²) in [6, 6.07) is 0. The lowest BCUT2D eigenvalue weighted by Gasteiger charge is -2.12. The highest BCUT2D eigenvalue weighted by Crippen LogP contribution is 2.13. The number of esters is 1. The molecule has 0 aromatic rings. The molecule has 0 rings (SSSR count). The van der Waals surface area contributed by atoms with E-state index in [9.17, 15) is 4.79 Å². The molecular weight excluding hydrogens is 304 g/mol. The minimum Gasteiger partial charge on any atom is -0.457 e. The van der Waals surface area contributed by atoms with E-state index in [0.717, 1.165) is 12.8 Å². The van der Waals surface area contributed by atoms with Crippen molar-refractivity contribution in [2.75, 3.05) is 13.2 Å². The molecule has 24 heavy (non-hydrogen) atoms. The van der Waals surface area contributed by atoms with E-state index < -0.39 is 6.10 Å². The van der Waals surface area contributed by atoms with Crippen molar-refractivity contribution in [3.05, 3.63) is 0 Å². The Hall–Kier alpha value is -0.610. The highest BCUT2D eigenvalue weighted by Gasteiger charge is 2.11. The van der Waals surface area contributed by atoms with E-state index in [1.54, 1.807) is 0 Å². The first-order chi connectivity index (χ1) is 11.7. The molecule has 0 aliphatic heterocycles. The Bertz CT molecular complexity index is 264. The maximum atomic E-state index is 11.4. The van der Waals surface area contributed by atoms with Crippen molar-refractivity contribution in [2.24, 2.45) is 0 Å². The Kier molecular flexibility index (Phi) is 18.2. The third-order valence-corrected chi connectivity index (χ3v) is 4.44. The molecule has 0 aromatic heterocycles. The van der Waals surface area contributed by atoms with Gasteiger partial charge in [0.05, 0.1) is 13.2 Å². The summed E-state index contributed by atoms with van der Waals surface area (Å²) < 4.78 is 4.92. The molecule has 0 aromatic carbocycles. The molecule has 2 N–H and O–H groups in total. The van der Waals surface area contributed by atoms with Gasteiger partial charge < -0.3 is 14.9 Å². The predicted molar refractivity (Wildman–Crippen MR) is 99.0 cm³/mol. The summed E-state index contributed by atoms with van der Waals surface area (Å²) in [5, 5.41) is 17.7. The summed E-state index contributed by atoms with van der Waals surface area (Å²) in [4.78, 5) is 11.4. The summed E-state index contributed by atoms with van der Waals surface area (Å²) in [5.74, 6) is -0.318. The first kappa shape index (κ1) is 23.4. The van der Waals surface area contributed by atoms with Crippen LogP contribution in [0, 0.1) is 0 Å². The Morgan fingerprint density at radius 1 is 0.708 bits per heavy atom. The topological polar surface area (TPSA) is 66.8 Å². The van der Waals surface area contributed by atoms with Crippen LogP contribution in [0.1, 0.15) is 103 Å². The van der Waals surface area contributed by atoms with Crippen molar-refractivity contribution >= 4 is 5.97 Å². The number of aliphatic hydroxyl groups excluding tert-OH is 2. The lowest BCUT2D eigenvalue weighted by atomic mass is 10.0. The third-order valence-electron chi connectivity index (χ3n) is 4.44. The van der Waals surface area contributed by atoms with Crippen molar-refractivity contribution in [1.29, 1.82) is 0 Å². The van der Waals surface area contributed by atoms with Crippen LogP contribution in [-0.4, -0.2) is 35.5 Å². The normalized spacial score (nSPS) is 11.2. The van der Waals surface area contributed by atoms with Crippen LogP contribution in [0.3, 0.4) is 0 Å². The van der Waals surface area contributed by atoms with Gasteiger partial charge in [0, 0.05) is 6.42 Å². The van der Waals surface area contributed by atoms with Gasteiger partial charge in [0.2, 0.25) is 0 Å². The summed E-state index contributed by atoms with van der Waals surface area (Å²) in [6.45, 7) is 1.62. The number of unbranched alkanes of at least 4 members (excludes halogenated alkanes) is 13. The van der Waals surface area contributed by atoms with Gasteiger partial charge in [-0.1, -0.05) is 90.4 Å².